The summed E-state index contributed by atoms with van der Waals surface area (Å²) in [5.41, 5.74) is 3.11. The van der Waals surface area contributed by atoms with E-state index in [1.165, 1.54) is 13.0 Å². The summed E-state index contributed by atoms with van der Waals surface area (Å²) in [6, 6.07) is 16.0. The summed E-state index contributed by atoms with van der Waals surface area (Å²) in [5, 5.41) is 2.41. The van der Waals surface area contributed by atoms with Gasteiger partial charge < -0.3 is 19.4 Å². The van der Waals surface area contributed by atoms with Crippen LogP contribution in [0.25, 0.3) is 11.3 Å². The van der Waals surface area contributed by atoms with E-state index < -0.39 is 5.97 Å². The first-order valence-corrected chi connectivity index (χ1v) is 9.71. The number of benzene rings is 2. The van der Waals surface area contributed by atoms with Crippen molar-refractivity contribution in [1.29, 1.82) is 0 Å². The van der Waals surface area contributed by atoms with E-state index in [2.05, 4.69) is 5.32 Å². The first-order chi connectivity index (χ1) is 14.8. The Balaban J connectivity index is 2.08. The second kappa shape index (κ2) is 9.30. The predicted octanol–water partition coefficient (Wildman–Crippen LogP) is 3.28. The SMILES string of the molecule is COc1ccccc1-c1c(OC(=O)CNC(C)=O)cc(C(=O)c2ccc(C)cc2)n1C. The van der Waals surface area contributed by atoms with Gasteiger partial charge in [0.25, 0.3) is 0 Å². The number of ketones is 1. The lowest BCUT2D eigenvalue weighted by Crippen LogP contribution is -2.30. The number of methoxy groups -OCH3 is 1. The molecule has 1 N–H and O–H groups in total. The van der Waals surface area contributed by atoms with Crippen molar-refractivity contribution in [1.82, 2.24) is 9.88 Å². The largest absolute Gasteiger partial charge is 0.496 e. The van der Waals surface area contributed by atoms with Crippen molar-refractivity contribution in [2.24, 2.45) is 7.05 Å². The highest BCUT2D eigenvalue weighted by molar-refractivity contribution is 6.09. The van der Waals surface area contributed by atoms with Crippen LogP contribution in [0.1, 0.15) is 28.5 Å². The molecule has 1 amide bonds. The molecule has 3 rings (SSSR count). The molecule has 0 aliphatic carbocycles. The van der Waals surface area contributed by atoms with Gasteiger partial charge in [0.05, 0.1) is 18.5 Å². The molecule has 160 valence electrons. The Morgan fingerprint density at radius 3 is 2.32 bits per heavy atom. The number of hydrogen-bond acceptors (Lipinski definition) is 5. The minimum Gasteiger partial charge on any atom is -0.496 e. The maximum atomic E-state index is 13.2. The molecule has 0 atom stereocenters. The van der Waals surface area contributed by atoms with Crippen molar-refractivity contribution in [3.05, 3.63) is 71.4 Å². The van der Waals surface area contributed by atoms with Crippen LogP contribution in [0.2, 0.25) is 0 Å². The number of aromatic nitrogens is 1. The number of hydrogen-bond donors (Lipinski definition) is 1. The summed E-state index contributed by atoms with van der Waals surface area (Å²) in [4.78, 5) is 36.6. The van der Waals surface area contributed by atoms with Gasteiger partial charge in [-0.15, -0.1) is 0 Å². The van der Waals surface area contributed by atoms with E-state index in [4.69, 9.17) is 9.47 Å². The van der Waals surface area contributed by atoms with Crippen molar-refractivity contribution >= 4 is 17.7 Å². The average molecular weight is 420 g/mol. The maximum absolute atomic E-state index is 13.2. The molecule has 0 unspecified atom stereocenters. The average Bonchev–Trinajstić information content (AvgIpc) is 3.07. The third-order valence-corrected chi connectivity index (χ3v) is 4.81. The zero-order chi connectivity index (χ0) is 22.5. The summed E-state index contributed by atoms with van der Waals surface area (Å²) in [5.74, 6) is -0.422. The summed E-state index contributed by atoms with van der Waals surface area (Å²) in [6.45, 7) is 2.98. The Hall–Kier alpha value is -3.87. The first-order valence-electron chi connectivity index (χ1n) is 9.71. The number of rotatable bonds is 7. The van der Waals surface area contributed by atoms with Crippen LogP contribution in [0, 0.1) is 6.92 Å². The third-order valence-electron chi connectivity index (χ3n) is 4.81. The molecule has 0 aliphatic heterocycles. The number of aryl methyl sites for hydroxylation is 1. The normalized spacial score (nSPS) is 10.5. The predicted molar refractivity (Wildman–Crippen MR) is 116 cm³/mol. The van der Waals surface area contributed by atoms with E-state index in [1.807, 2.05) is 37.3 Å². The fourth-order valence-corrected chi connectivity index (χ4v) is 3.23. The number of para-hydroxylation sites is 1. The lowest BCUT2D eigenvalue weighted by atomic mass is 10.1. The van der Waals surface area contributed by atoms with Crippen LogP contribution in [0.15, 0.2) is 54.6 Å². The van der Waals surface area contributed by atoms with Crippen molar-refractivity contribution in [2.75, 3.05) is 13.7 Å². The lowest BCUT2D eigenvalue weighted by molar-refractivity contribution is -0.135. The first kappa shape index (κ1) is 21.8. The number of esters is 1. The van der Waals surface area contributed by atoms with Gasteiger partial charge in [-0.05, 0) is 19.1 Å². The minimum atomic E-state index is -0.647. The zero-order valence-electron chi connectivity index (χ0n) is 17.9. The molecule has 0 saturated heterocycles. The third kappa shape index (κ3) is 4.83. The summed E-state index contributed by atoms with van der Waals surface area (Å²) in [6.07, 6.45) is 0. The molecular weight excluding hydrogens is 396 g/mol. The molecule has 1 aromatic heterocycles. The van der Waals surface area contributed by atoms with Crippen molar-refractivity contribution in [2.45, 2.75) is 13.8 Å². The summed E-state index contributed by atoms with van der Waals surface area (Å²) in [7, 11) is 3.27. The van der Waals surface area contributed by atoms with E-state index >= 15 is 0 Å². The van der Waals surface area contributed by atoms with E-state index in [9.17, 15) is 14.4 Å². The zero-order valence-corrected chi connectivity index (χ0v) is 17.9. The number of ether oxygens (including phenoxy) is 2. The van der Waals surface area contributed by atoms with Crippen LogP contribution in [0.3, 0.4) is 0 Å². The van der Waals surface area contributed by atoms with Gasteiger partial charge in [0.2, 0.25) is 11.7 Å². The number of carbonyl (C=O) groups excluding carboxylic acids is 3. The van der Waals surface area contributed by atoms with Gasteiger partial charge >= 0.3 is 5.97 Å². The highest BCUT2D eigenvalue weighted by Gasteiger charge is 2.24. The molecule has 7 nitrogen and oxygen atoms in total. The van der Waals surface area contributed by atoms with Crippen molar-refractivity contribution in [3.63, 3.8) is 0 Å². The van der Waals surface area contributed by atoms with Gasteiger partial charge in [0.15, 0.2) is 5.75 Å². The van der Waals surface area contributed by atoms with Gasteiger partial charge in [-0.1, -0.05) is 42.0 Å². The Morgan fingerprint density at radius 1 is 1.00 bits per heavy atom. The molecule has 0 radical (unpaired) electrons. The smallest absolute Gasteiger partial charge is 0.330 e. The second-order valence-corrected chi connectivity index (χ2v) is 7.08. The van der Waals surface area contributed by atoms with Gasteiger partial charge in [-0.3, -0.25) is 9.59 Å². The van der Waals surface area contributed by atoms with E-state index in [0.29, 0.717) is 28.3 Å². The fraction of sp³-hybridized carbons (Fsp3) is 0.208. The van der Waals surface area contributed by atoms with Crippen LogP contribution in [-0.4, -0.2) is 35.9 Å². The number of nitrogens with zero attached hydrogens (tertiary/aromatic N) is 1. The number of amides is 1. The Kier molecular flexibility index (Phi) is 6.55. The Labute approximate surface area is 180 Å². The Bertz CT molecular complexity index is 1130. The molecule has 7 heteroatoms. The molecule has 0 saturated carbocycles. The standard InChI is InChI=1S/C24H24N2O5/c1-15-9-11-17(12-10-15)24(29)19-13-21(31-22(28)14-25-16(2)27)23(26(19)3)18-7-5-6-8-20(18)30-4/h5-13H,14H2,1-4H3,(H,25,27). The Morgan fingerprint density at radius 2 is 1.68 bits per heavy atom. The van der Waals surface area contributed by atoms with Crippen LogP contribution < -0.4 is 14.8 Å². The lowest BCUT2D eigenvalue weighted by Gasteiger charge is -2.13. The van der Waals surface area contributed by atoms with Gasteiger partial charge in [0, 0.05) is 31.2 Å². The van der Waals surface area contributed by atoms with Gasteiger partial charge in [-0.2, -0.15) is 0 Å². The van der Waals surface area contributed by atoms with Gasteiger partial charge in [-0.25, -0.2) is 4.79 Å². The van der Waals surface area contributed by atoms with E-state index in [-0.39, 0.29) is 24.0 Å². The highest BCUT2D eigenvalue weighted by atomic mass is 16.5. The molecular formula is C24H24N2O5. The molecule has 0 bridgehead atoms. The van der Waals surface area contributed by atoms with Gasteiger partial charge in [0.1, 0.15) is 12.3 Å². The molecule has 3 aromatic rings. The van der Waals surface area contributed by atoms with Crippen LogP contribution >= 0.6 is 0 Å². The summed E-state index contributed by atoms with van der Waals surface area (Å²) < 4.78 is 12.7. The molecule has 0 aliphatic rings. The van der Waals surface area contributed by atoms with Crippen LogP contribution in [0.5, 0.6) is 11.5 Å². The van der Waals surface area contributed by atoms with Crippen molar-refractivity contribution in [3.8, 4) is 22.8 Å². The maximum Gasteiger partial charge on any atom is 0.330 e. The summed E-state index contributed by atoms with van der Waals surface area (Å²) >= 11 is 0. The highest BCUT2D eigenvalue weighted by Crippen LogP contribution is 2.39. The molecule has 0 fully saturated rings. The molecule has 2 aromatic carbocycles. The second-order valence-electron chi connectivity index (χ2n) is 7.08. The topological polar surface area (TPSA) is 86.6 Å². The molecule has 0 spiro atoms. The minimum absolute atomic E-state index is 0.206. The quantitative estimate of drug-likeness (QED) is 0.468. The van der Waals surface area contributed by atoms with Crippen LogP contribution in [-0.2, 0) is 16.6 Å². The number of nitrogens with one attached hydrogen (secondary N) is 1. The van der Waals surface area contributed by atoms with E-state index in [1.54, 1.807) is 36.9 Å². The van der Waals surface area contributed by atoms with Crippen LogP contribution in [0.4, 0.5) is 0 Å². The molecule has 31 heavy (non-hydrogen) atoms. The number of carbonyl (C=O) groups is 3. The monoisotopic (exact) mass is 420 g/mol. The fourth-order valence-electron chi connectivity index (χ4n) is 3.23. The van der Waals surface area contributed by atoms with E-state index in [0.717, 1.165) is 5.56 Å². The molecule has 1 heterocycles. The van der Waals surface area contributed by atoms with Crippen molar-refractivity contribution < 1.29 is 23.9 Å².